The minimum absolute atomic E-state index is 0.0280. The van der Waals surface area contributed by atoms with Gasteiger partial charge in [0, 0.05) is 5.39 Å². The molecule has 1 unspecified atom stereocenters. The monoisotopic (exact) mass is 372 g/mol. The molecule has 1 amide bonds. The summed E-state index contributed by atoms with van der Waals surface area (Å²) in [6.07, 6.45) is 1.51. The van der Waals surface area contributed by atoms with Crippen LogP contribution in [-0.4, -0.2) is 42.3 Å². The Balaban J connectivity index is 1.92. The zero-order valence-electron chi connectivity index (χ0n) is 14.3. The maximum Gasteiger partial charge on any atom is 0.269 e. The van der Waals surface area contributed by atoms with Gasteiger partial charge in [0.05, 0.1) is 24.4 Å². The fourth-order valence-electron chi connectivity index (χ4n) is 2.96. The van der Waals surface area contributed by atoms with Gasteiger partial charge in [-0.15, -0.1) is 0 Å². The number of carbonyl (C=O) groups is 1. The predicted octanol–water partition coefficient (Wildman–Crippen LogP) is 1.78. The molecule has 0 aliphatic carbocycles. The number of rotatable bonds is 6. The van der Waals surface area contributed by atoms with E-state index >= 15 is 0 Å². The smallest absolute Gasteiger partial charge is 0.269 e. The summed E-state index contributed by atoms with van der Waals surface area (Å²) in [7, 11) is -3.67. The molecule has 0 aliphatic heterocycles. The van der Waals surface area contributed by atoms with Gasteiger partial charge in [-0.1, -0.05) is 48.5 Å². The van der Waals surface area contributed by atoms with E-state index < -0.39 is 22.0 Å². The lowest BCUT2D eigenvalue weighted by Crippen LogP contribution is -2.40. The Kier molecular flexibility index (Phi) is 5.11. The van der Waals surface area contributed by atoms with Crippen LogP contribution in [0, 0.1) is 0 Å². The molecule has 26 heavy (non-hydrogen) atoms. The van der Waals surface area contributed by atoms with Crippen molar-refractivity contribution in [2.24, 2.45) is 0 Å². The maximum absolute atomic E-state index is 12.7. The molecule has 0 fully saturated rings. The fraction of sp³-hybridized carbons (Fsp3) is 0.211. The van der Waals surface area contributed by atoms with E-state index in [1.807, 2.05) is 30.3 Å². The topological polar surface area (TPSA) is 88.4 Å². The van der Waals surface area contributed by atoms with Crippen molar-refractivity contribution < 1.29 is 18.3 Å². The third kappa shape index (κ3) is 3.79. The van der Waals surface area contributed by atoms with Gasteiger partial charge < -0.3 is 10.4 Å². The summed E-state index contributed by atoms with van der Waals surface area (Å²) in [5, 5.41) is 13.0. The van der Waals surface area contributed by atoms with Crippen LogP contribution in [0.3, 0.4) is 0 Å². The highest BCUT2D eigenvalue weighted by Crippen LogP contribution is 2.21. The molecule has 0 saturated heterocycles. The van der Waals surface area contributed by atoms with Crippen LogP contribution in [0.25, 0.3) is 10.9 Å². The van der Waals surface area contributed by atoms with Crippen LogP contribution in [-0.2, 0) is 16.4 Å². The molecule has 0 saturated carbocycles. The molecule has 1 aromatic heterocycles. The molecule has 136 valence electrons. The van der Waals surface area contributed by atoms with Crippen molar-refractivity contribution in [3.05, 3.63) is 71.9 Å². The second-order valence-electron chi connectivity index (χ2n) is 6.16. The Hall–Kier alpha value is -2.64. The van der Waals surface area contributed by atoms with Gasteiger partial charge in [0.2, 0.25) is 10.0 Å². The van der Waals surface area contributed by atoms with Gasteiger partial charge in [-0.05, 0) is 24.1 Å². The first kappa shape index (κ1) is 18.2. The third-order valence-electron chi connectivity index (χ3n) is 4.11. The molecular formula is C19H20N2O4S. The molecule has 3 aromatic rings. The quantitative estimate of drug-likeness (QED) is 0.690. The van der Waals surface area contributed by atoms with Gasteiger partial charge in [0.1, 0.15) is 5.69 Å². The lowest BCUT2D eigenvalue weighted by Gasteiger charge is -2.17. The zero-order chi connectivity index (χ0) is 18.7. The average molecular weight is 372 g/mol. The van der Waals surface area contributed by atoms with Crippen molar-refractivity contribution in [1.29, 1.82) is 0 Å². The number of aromatic nitrogens is 1. The normalized spacial score (nSPS) is 12.8. The van der Waals surface area contributed by atoms with Crippen LogP contribution in [0.4, 0.5) is 0 Å². The van der Waals surface area contributed by atoms with Gasteiger partial charge in [0.25, 0.3) is 5.91 Å². The van der Waals surface area contributed by atoms with Crippen molar-refractivity contribution in [3.8, 4) is 0 Å². The van der Waals surface area contributed by atoms with E-state index in [4.69, 9.17) is 0 Å². The first-order chi connectivity index (χ1) is 12.4. The van der Waals surface area contributed by atoms with Crippen LogP contribution >= 0.6 is 0 Å². The van der Waals surface area contributed by atoms with E-state index in [1.54, 1.807) is 30.3 Å². The molecule has 0 bridgehead atoms. The van der Waals surface area contributed by atoms with Gasteiger partial charge >= 0.3 is 0 Å². The molecule has 3 rings (SSSR count). The van der Waals surface area contributed by atoms with Gasteiger partial charge in [-0.3, -0.25) is 4.79 Å². The molecule has 2 N–H and O–H groups in total. The number of carbonyl (C=O) groups excluding carboxylic acids is 1. The Morgan fingerprint density at radius 1 is 1.12 bits per heavy atom. The van der Waals surface area contributed by atoms with E-state index in [0.717, 1.165) is 15.8 Å². The number of aliphatic hydroxyl groups is 1. The minimum atomic E-state index is -3.67. The van der Waals surface area contributed by atoms with Crippen molar-refractivity contribution in [3.63, 3.8) is 0 Å². The summed E-state index contributed by atoms with van der Waals surface area (Å²) in [4.78, 5) is 12.7. The number of benzene rings is 2. The Bertz CT molecular complexity index is 1030. The number of amides is 1. The van der Waals surface area contributed by atoms with Crippen molar-refractivity contribution in [2.75, 3.05) is 12.9 Å². The van der Waals surface area contributed by atoms with Gasteiger partial charge in [0.15, 0.2) is 0 Å². The fourth-order valence-corrected chi connectivity index (χ4v) is 3.98. The number of nitrogens with zero attached hydrogens (tertiary/aromatic N) is 1. The highest BCUT2D eigenvalue weighted by atomic mass is 32.2. The van der Waals surface area contributed by atoms with E-state index in [1.165, 1.54) is 0 Å². The molecule has 0 radical (unpaired) electrons. The number of nitrogens with one attached hydrogen (secondary N) is 1. The number of fused-ring (bicyclic) bond motifs is 1. The van der Waals surface area contributed by atoms with Crippen molar-refractivity contribution in [2.45, 2.75) is 12.5 Å². The van der Waals surface area contributed by atoms with Crippen LogP contribution in [0.5, 0.6) is 0 Å². The Labute approximate surface area is 152 Å². The van der Waals surface area contributed by atoms with E-state index in [2.05, 4.69) is 5.32 Å². The summed E-state index contributed by atoms with van der Waals surface area (Å²) >= 11 is 0. The number of aliphatic hydroxyl groups excluding tert-OH is 1. The Morgan fingerprint density at radius 2 is 1.77 bits per heavy atom. The molecule has 6 nitrogen and oxygen atoms in total. The van der Waals surface area contributed by atoms with Crippen molar-refractivity contribution >= 4 is 26.8 Å². The second kappa shape index (κ2) is 7.31. The first-order valence-corrected chi connectivity index (χ1v) is 10.0. The number of hydrogen-bond donors (Lipinski definition) is 2. The van der Waals surface area contributed by atoms with E-state index in [9.17, 15) is 18.3 Å². The standard InChI is InChI=1S/C19H20N2O4S/c1-26(24,25)21-17-10-6-5-9-15(17)12-18(21)19(23)20-16(13-22)11-14-7-3-2-4-8-14/h2-10,12,16,22H,11,13H2,1H3,(H,20,23). The summed E-state index contributed by atoms with van der Waals surface area (Å²) < 4.78 is 25.5. The molecule has 7 heteroatoms. The summed E-state index contributed by atoms with van der Waals surface area (Å²) in [5.41, 5.74) is 1.44. The Morgan fingerprint density at radius 3 is 2.42 bits per heavy atom. The lowest BCUT2D eigenvalue weighted by molar-refractivity contribution is 0.0910. The molecule has 0 spiro atoms. The van der Waals surface area contributed by atoms with Crippen LogP contribution in [0.1, 0.15) is 16.1 Å². The third-order valence-corrected chi connectivity index (χ3v) is 5.17. The van der Waals surface area contributed by atoms with Crippen molar-refractivity contribution in [1.82, 2.24) is 9.29 Å². The first-order valence-electron chi connectivity index (χ1n) is 8.17. The summed E-state index contributed by atoms with van der Waals surface area (Å²) in [5.74, 6) is -0.540. The SMILES string of the molecule is CS(=O)(=O)n1c(C(=O)NC(CO)Cc2ccccc2)cc2ccccc21. The lowest BCUT2D eigenvalue weighted by atomic mass is 10.1. The number of para-hydroxylation sites is 1. The van der Waals surface area contributed by atoms with E-state index in [0.29, 0.717) is 17.3 Å². The predicted molar refractivity (Wildman–Crippen MR) is 101 cm³/mol. The summed E-state index contributed by atoms with van der Waals surface area (Å²) in [6, 6.07) is 17.4. The molecule has 1 heterocycles. The highest BCUT2D eigenvalue weighted by Gasteiger charge is 2.23. The second-order valence-corrected chi connectivity index (χ2v) is 7.99. The minimum Gasteiger partial charge on any atom is -0.394 e. The van der Waals surface area contributed by atoms with Crippen LogP contribution in [0.2, 0.25) is 0 Å². The molecule has 2 aromatic carbocycles. The largest absolute Gasteiger partial charge is 0.394 e. The number of hydrogen-bond acceptors (Lipinski definition) is 4. The van der Waals surface area contributed by atoms with Crippen LogP contribution < -0.4 is 5.32 Å². The summed E-state index contributed by atoms with van der Waals surface area (Å²) in [6.45, 7) is -0.250. The maximum atomic E-state index is 12.7. The van der Waals surface area contributed by atoms with E-state index in [-0.39, 0.29) is 12.3 Å². The van der Waals surface area contributed by atoms with Gasteiger partial charge in [-0.2, -0.15) is 0 Å². The highest BCUT2D eigenvalue weighted by molar-refractivity contribution is 7.89. The van der Waals surface area contributed by atoms with Gasteiger partial charge in [-0.25, -0.2) is 12.4 Å². The molecule has 1 atom stereocenters. The average Bonchev–Trinajstić information content (AvgIpc) is 3.02. The molecule has 0 aliphatic rings. The molecular weight excluding hydrogens is 352 g/mol. The van der Waals surface area contributed by atoms with Crippen LogP contribution in [0.15, 0.2) is 60.7 Å². The zero-order valence-corrected chi connectivity index (χ0v) is 15.1.